The molecule has 1 aromatic heterocycles. The molecule has 1 unspecified atom stereocenters. The maximum Gasteiger partial charge on any atom is 0.254 e. The number of hydrogen-bond acceptors (Lipinski definition) is 2. The first kappa shape index (κ1) is 14.9. The molecular weight excluding hydrogens is 255 g/mol. The first-order valence-electron chi connectivity index (χ1n) is 6.12. The summed E-state index contributed by atoms with van der Waals surface area (Å²) in [5.41, 5.74) is 0.0334. The first-order valence-corrected chi connectivity index (χ1v) is 6.66. The third-order valence-corrected chi connectivity index (χ3v) is 3.00. The third kappa shape index (κ3) is 4.61. The highest BCUT2D eigenvalue weighted by Gasteiger charge is 2.13. The van der Waals surface area contributed by atoms with Crippen LogP contribution in [0.5, 0.6) is 0 Å². The first-order chi connectivity index (χ1) is 8.69. The number of hydrogen-bond donors (Lipinski definition) is 1. The Morgan fingerprint density at radius 1 is 1.56 bits per heavy atom. The van der Waals surface area contributed by atoms with Gasteiger partial charge in [-0.15, -0.1) is 11.6 Å². The number of nitrogens with one attached hydrogen (secondary N) is 1. The number of halogens is 2. The second-order valence-corrected chi connectivity index (χ2v) is 4.58. The lowest BCUT2D eigenvalue weighted by atomic mass is 10.0. The minimum atomic E-state index is -0.598. The van der Waals surface area contributed by atoms with Gasteiger partial charge >= 0.3 is 0 Å². The minimum Gasteiger partial charge on any atom is -0.352 e. The van der Waals surface area contributed by atoms with Gasteiger partial charge in [-0.2, -0.15) is 0 Å². The monoisotopic (exact) mass is 272 g/mol. The standard InChI is InChI=1S/C13H18ClFN2O/c1-2-3-10(4-6-14)8-17-13(18)11-5-7-16-9-12(11)15/h5,7,9-10H,2-4,6,8H2,1H3,(H,17,18). The van der Waals surface area contributed by atoms with Gasteiger partial charge in [0, 0.05) is 18.6 Å². The Bertz CT molecular complexity index is 381. The lowest BCUT2D eigenvalue weighted by molar-refractivity contribution is 0.0941. The van der Waals surface area contributed by atoms with Crippen LogP contribution in [-0.4, -0.2) is 23.3 Å². The largest absolute Gasteiger partial charge is 0.352 e. The average Bonchev–Trinajstić information content (AvgIpc) is 2.36. The summed E-state index contributed by atoms with van der Waals surface area (Å²) in [6, 6.07) is 1.38. The summed E-state index contributed by atoms with van der Waals surface area (Å²) in [4.78, 5) is 15.4. The van der Waals surface area contributed by atoms with Crippen LogP contribution in [0.15, 0.2) is 18.5 Å². The van der Waals surface area contributed by atoms with Crippen LogP contribution in [0, 0.1) is 11.7 Å². The highest BCUT2D eigenvalue weighted by Crippen LogP contribution is 2.11. The molecule has 0 bridgehead atoms. The van der Waals surface area contributed by atoms with Crippen molar-refractivity contribution in [3.63, 3.8) is 0 Å². The Morgan fingerprint density at radius 3 is 2.94 bits per heavy atom. The maximum absolute atomic E-state index is 13.3. The van der Waals surface area contributed by atoms with E-state index in [1.54, 1.807) is 0 Å². The Hall–Kier alpha value is -1.16. The van der Waals surface area contributed by atoms with E-state index in [4.69, 9.17) is 11.6 Å². The van der Waals surface area contributed by atoms with Crippen molar-refractivity contribution in [2.75, 3.05) is 12.4 Å². The molecule has 1 N–H and O–H groups in total. The van der Waals surface area contributed by atoms with E-state index < -0.39 is 11.7 Å². The van der Waals surface area contributed by atoms with Crippen molar-refractivity contribution in [3.05, 3.63) is 29.8 Å². The number of carbonyl (C=O) groups excluding carboxylic acids is 1. The number of nitrogens with zero attached hydrogens (tertiary/aromatic N) is 1. The predicted molar refractivity (Wildman–Crippen MR) is 70.3 cm³/mol. The van der Waals surface area contributed by atoms with Crippen LogP contribution in [0.25, 0.3) is 0 Å². The zero-order valence-electron chi connectivity index (χ0n) is 10.5. The molecule has 3 nitrogen and oxygen atoms in total. The molecule has 1 amide bonds. The number of rotatable bonds is 7. The molecule has 1 rings (SSSR count). The Labute approximate surface area is 112 Å². The smallest absolute Gasteiger partial charge is 0.254 e. The highest BCUT2D eigenvalue weighted by atomic mass is 35.5. The summed E-state index contributed by atoms with van der Waals surface area (Å²) in [7, 11) is 0. The van der Waals surface area contributed by atoms with Crippen molar-refractivity contribution in [1.82, 2.24) is 10.3 Å². The van der Waals surface area contributed by atoms with E-state index in [9.17, 15) is 9.18 Å². The van der Waals surface area contributed by atoms with Gasteiger partial charge in [-0.1, -0.05) is 13.3 Å². The summed E-state index contributed by atoms with van der Waals surface area (Å²) in [5, 5.41) is 2.74. The van der Waals surface area contributed by atoms with E-state index in [0.29, 0.717) is 18.3 Å². The number of carbonyl (C=O) groups is 1. The fourth-order valence-electron chi connectivity index (χ4n) is 1.80. The zero-order chi connectivity index (χ0) is 13.4. The molecule has 0 aromatic carbocycles. The topological polar surface area (TPSA) is 42.0 Å². The molecule has 0 radical (unpaired) electrons. The summed E-state index contributed by atoms with van der Waals surface area (Å²) >= 11 is 5.71. The van der Waals surface area contributed by atoms with Gasteiger partial charge in [0.15, 0.2) is 5.82 Å². The van der Waals surface area contributed by atoms with Crippen molar-refractivity contribution in [2.45, 2.75) is 26.2 Å². The molecule has 0 fully saturated rings. The fourth-order valence-corrected chi connectivity index (χ4v) is 2.11. The van der Waals surface area contributed by atoms with Gasteiger partial charge in [-0.3, -0.25) is 9.78 Å². The normalized spacial score (nSPS) is 12.2. The zero-order valence-corrected chi connectivity index (χ0v) is 11.2. The number of alkyl halides is 1. The Morgan fingerprint density at radius 2 is 2.33 bits per heavy atom. The van der Waals surface area contributed by atoms with E-state index in [0.717, 1.165) is 25.5 Å². The van der Waals surface area contributed by atoms with Gasteiger partial charge in [0.1, 0.15) is 0 Å². The van der Waals surface area contributed by atoms with Gasteiger partial charge in [-0.25, -0.2) is 4.39 Å². The third-order valence-electron chi connectivity index (χ3n) is 2.78. The van der Waals surface area contributed by atoms with Crippen LogP contribution >= 0.6 is 11.6 Å². The molecule has 100 valence electrons. The maximum atomic E-state index is 13.3. The SMILES string of the molecule is CCCC(CCCl)CNC(=O)c1ccncc1F. The molecule has 0 aliphatic rings. The van der Waals surface area contributed by atoms with Gasteiger partial charge < -0.3 is 5.32 Å². The minimum absolute atomic E-state index is 0.0334. The van der Waals surface area contributed by atoms with Crippen LogP contribution in [0.4, 0.5) is 4.39 Å². The quantitative estimate of drug-likeness (QED) is 0.776. The van der Waals surface area contributed by atoms with Crippen LogP contribution in [0.3, 0.4) is 0 Å². The number of amides is 1. The highest BCUT2D eigenvalue weighted by molar-refractivity contribution is 6.17. The van der Waals surface area contributed by atoms with Crippen molar-refractivity contribution in [1.29, 1.82) is 0 Å². The summed E-state index contributed by atoms with van der Waals surface area (Å²) in [5.74, 6) is -0.0734. The van der Waals surface area contributed by atoms with Crippen LogP contribution in [0.2, 0.25) is 0 Å². The molecule has 5 heteroatoms. The predicted octanol–water partition coefficient (Wildman–Crippen LogP) is 3.00. The Kier molecular flexibility index (Phi) is 6.65. The summed E-state index contributed by atoms with van der Waals surface area (Å²) in [6.07, 6.45) is 5.35. The number of pyridine rings is 1. The molecular formula is C13H18ClFN2O. The van der Waals surface area contributed by atoms with Crippen LogP contribution in [-0.2, 0) is 0 Å². The van der Waals surface area contributed by atoms with Gasteiger partial charge in [0.2, 0.25) is 0 Å². The van der Waals surface area contributed by atoms with Gasteiger partial charge in [0.25, 0.3) is 5.91 Å². The molecule has 1 aromatic rings. The van der Waals surface area contributed by atoms with E-state index >= 15 is 0 Å². The van der Waals surface area contributed by atoms with Crippen LogP contribution < -0.4 is 5.32 Å². The molecule has 0 saturated carbocycles. The van der Waals surface area contributed by atoms with E-state index in [1.807, 2.05) is 0 Å². The molecule has 0 saturated heterocycles. The Balaban J connectivity index is 2.52. The summed E-state index contributed by atoms with van der Waals surface area (Å²) < 4.78 is 13.3. The molecule has 1 atom stereocenters. The molecule has 0 aliphatic heterocycles. The second kappa shape index (κ2) is 8.03. The van der Waals surface area contributed by atoms with Gasteiger partial charge in [-0.05, 0) is 24.8 Å². The van der Waals surface area contributed by atoms with E-state index in [-0.39, 0.29) is 5.56 Å². The number of aromatic nitrogens is 1. The lowest BCUT2D eigenvalue weighted by Crippen LogP contribution is -2.30. The molecule has 0 aliphatic carbocycles. The van der Waals surface area contributed by atoms with Crippen molar-refractivity contribution >= 4 is 17.5 Å². The van der Waals surface area contributed by atoms with Crippen molar-refractivity contribution < 1.29 is 9.18 Å². The lowest BCUT2D eigenvalue weighted by Gasteiger charge is -2.15. The van der Waals surface area contributed by atoms with Crippen LogP contribution in [0.1, 0.15) is 36.5 Å². The average molecular weight is 273 g/mol. The second-order valence-electron chi connectivity index (χ2n) is 4.20. The summed E-state index contributed by atoms with van der Waals surface area (Å²) in [6.45, 7) is 2.62. The van der Waals surface area contributed by atoms with E-state index in [2.05, 4.69) is 17.2 Å². The van der Waals surface area contributed by atoms with Crippen molar-refractivity contribution in [3.8, 4) is 0 Å². The van der Waals surface area contributed by atoms with E-state index in [1.165, 1.54) is 12.3 Å². The van der Waals surface area contributed by atoms with Gasteiger partial charge in [0.05, 0.1) is 11.8 Å². The van der Waals surface area contributed by atoms with Crippen molar-refractivity contribution in [2.24, 2.45) is 5.92 Å². The molecule has 1 heterocycles. The molecule has 0 spiro atoms. The fraction of sp³-hybridized carbons (Fsp3) is 0.538. The molecule has 18 heavy (non-hydrogen) atoms.